The van der Waals surface area contributed by atoms with Gasteiger partial charge in [-0.3, -0.25) is 4.99 Å². The summed E-state index contributed by atoms with van der Waals surface area (Å²) in [5.41, 5.74) is 2.69. The lowest BCUT2D eigenvalue weighted by molar-refractivity contribution is 0.269. The number of rotatable bonds is 8. The van der Waals surface area contributed by atoms with Crippen LogP contribution in [0.2, 0.25) is 5.02 Å². The maximum Gasteiger partial charge on any atom is 0.161 e. The van der Waals surface area contributed by atoms with E-state index in [9.17, 15) is 0 Å². The molecule has 3 rings (SSSR count). The van der Waals surface area contributed by atoms with Crippen molar-refractivity contribution in [2.75, 3.05) is 13.7 Å². The molecule has 0 fully saturated rings. The minimum atomic E-state index is 0.374. The zero-order chi connectivity index (χ0) is 19.8. The third-order valence-corrected chi connectivity index (χ3v) is 4.41. The summed E-state index contributed by atoms with van der Waals surface area (Å²) in [5, 5.41) is 0.684. The lowest BCUT2D eigenvalue weighted by atomic mass is 10.2. The topological polar surface area (TPSA) is 40.0 Å². The van der Waals surface area contributed by atoms with Crippen LogP contribution in [0.3, 0.4) is 0 Å². The van der Waals surface area contributed by atoms with E-state index in [0.29, 0.717) is 29.7 Å². The Morgan fingerprint density at radius 2 is 1.71 bits per heavy atom. The second-order valence-corrected chi connectivity index (χ2v) is 6.38. The van der Waals surface area contributed by atoms with Crippen LogP contribution in [0.15, 0.2) is 71.7 Å². The molecule has 0 saturated heterocycles. The molecule has 144 valence electrons. The smallest absolute Gasteiger partial charge is 0.161 e. The fourth-order valence-corrected chi connectivity index (χ4v) is 2.77. The first-order chi connectivity index (χ1) is 13.7. The van der Waals surface area contributed by atoms with Crippen LogP contribution in [0.1, 0.15) is 18.1 Å². The lowest BCUT2D eigenvalue weighted by Gasteiger charge is -2.13. The zero-order valence-corrected chi connectivity index (χ0v) is 16.6. The molecule has 28 heavy (non-hydrogen) atoms. The van der Waals surface area contributed by atoms with Crippen molar-refractivity contribution >= 4 is 23.5 Å². The summed E-state index contributed by atoms with van der Waals surface area (Å²) in [6.07, 6.45) is 1.79. The van der Waals surface area contributed by atoms with Crippen molar-refractivity contribution in [1.29, 1.82) is 0 Å². The van der Waals surface area contributed by atoms with Gasteiger partial charge in [-0.2, -0.15) is 0 Å². The number of hydrogen-bond acceptors (Lipinski definition) is 4. The summed E-state index contributed by atoms with van der Waals surface area (Å²) >= 11 is 6.20. The van der Waals surface area contributed by atoms with Crippen molar-refractivity contribution in [1.82, 2.24) is 0 Å². The predicted octanol–water partition coefficient (Wildman–Crippen LogP) is 6.08. The SMILES string of the molecule is CCOc1cc(C=Nc2ccc(OC)cc2)ccc1OCc1ccccc1Cl. The van der Waals surface area contributed by atoms with E-state index in [-0.39, 0.29) is 0 Å². The molecule has 0 aliphatic rings. The van der Waals surface area contributed by atoms with Gasteiger partial charge in [0.05, 0.1) is 19.4 Å². The number of methoxy groups -OCH3 is 1. The van der Waals surface area contributed by atoms with E-state index in [4.69, 9.17) is 25.8 Å². The summed E-state index contributed by atoms with van der Waals surface area (Å²) in [4.78, 5) is 4.49. The van der Waals surface area contributed by atoms with Crippen LogP contribution in [0.5, 0.6) is 17.2 Å². The molecule has 0 heterocycles. The third kappa shape index (κ3) is 5.27. The van der Waals surface area contributed by atoms with Crippen LogP contribution in [0.25, 0.3) is 0 Å². The van der Waals surface area contributed by atoms with Gasteiger partial charge in [0, 0.05) is 16.8 Å². The highest BCUT2D eigenvalue weighted by molar-refractivity contribution is 6.31. The Bertz CT molecular complexity index is 939. The molecule has 0 bridgehead atoms. The summed E-state index contributed by atoms with van der Waals surface area (Å²) in [6, 6.07) is 20.9. The van der Waals surface area contributed by atoms with E-state index in [1.807, 2.05) is 73.7 Å². The van der Waals surface area contributed by atoms with Crippen molar-refractivity contribution in [2.24, 2.45) is 4.99 Å². The standard InChI is InChI=1S/C23H22ClNO3/c1-3-27-23-14-17(15-25-19-9-11-20(26-2)12-10-19)8-13-22(23)28-16-18-6-4-5-7-21(18)24/h4-15H,3,16H2,1-2H3. The molecule has 4 nitrogen and oxygen atoms in total. The first-order valence-corrected chi connectivity index (χ1v) is 9.38. The molecule has 3 aromatic carbocycles. The molecule has 3 aromatic rings. The Hall–Kier alpha value is -2.98. The highest BCUT2D eigenvalue weighted by Gasteiger charge is 2.08. The Morgan fingerprint density at radius 1 is 0.929 bits per heavy atom. The molecule has 0 aliphatic carbocycles. The molecular formula is C23H22ClNO3. The molecule has 0 unspecified atom stereocenters. The Balaban J connectivity index is 1.74. The van der Waals surface area contributed by atoms with Crippen LogP contribution in [0.4, 0.5) is 5.69 Å². The van der Waals surface area contributed by atoms with Gasteiger partial charge in [-0.05, 0) is 61.0 Å². The monoisotopic (exact) mass is 395 g/mol. The van der Waals surface area contributed by atoms with Gasteiger partial charge in [0.25, 0.3) is 0 Å². The molecule has 5 heteroatoms. The number of aliphatic imine (C=N–C) groups is 1. The fourth-order valence-electron chi connectivity index (χ4n) is 2.58. The van der Waals surface area contributed by atoms with Crippen molar-refractivity contribution in [3.63, 3.8) is 0 Å². The minimum Gasteiger partial charge on any atom is -0.497 e. The highest BCUT2D eigenvalue weighted by atomic mass is 35.5. The van der Waals surface area contributed by atoms with Gasteiger partial charge >= 0.3 is 0 Å². The number of ether oxygens (including phenoxy) is 3. The number of hydrogen-bond donors (Lipinski definition) is 0. The van der Waals surface area contributed by atoms with E-state index in [0.717, 1.165) is 22.6 Å². The molecule has 0 aliphatic heterocycles. The predicted molar refractivity (Wildman–Crippen MR) is 114 cm³/mol. The molecule has 0 spiro atoms. The first-order valence-electron chi connectivity index (χ1n) is 9.00. The maximum atomic E-state index is 6.20. The number of benzene rings is 3. The van der Waals surface area contributed by atoms with Gasteiger partial charge in [-0.15, -0.1) is 0 Å². The van der Waals surface area contributed by atoms with E-state index in [1.165, 1.54) is 0 Å². The second-order valence-electron chi connectivity index (χ2n) is 5.98. The number of halogens is 1. The minimum absolute atomic E-state index is 0.374. The molecule has 0 N–H and O–H groups in total. The third-order valence-electron chi connectivity index (χ3n) is 4.04. The first kappa shape index (κ1) is 19.8. The van der Waals surface area contributed by atoms with Gasteiger partial charge in [-0.1, -0.05) is 29.8 Å². The summed E-state index contributed by atoms with van der Waals surface area (Å²) in [6.45, 7) is 2.86. The molecule has 0 aromatic heterocycles. The molecule has 0 radical (unpaired) electrons. The van der Waals surface area contributed by atoms with Crippen molar-refractivity contribution in [3.8, 4) is 17.2 Å². The molecule has 0 saturated carbocycles. The van der Waals surface area contributed by atoms with Crippen molar-refractivity contribution < 1.29 is 14.2 Å². The molecule has 0 amide bonds. The van der Waals surface area contributed by atoms with E-state index >= 15 is 0 Å². The quantitative estimate of drug-likeness (QED) is 0.434. The van der Waals surface area contributed by atoms with Gasteiger partial charge < -0.3 is 14.2 Å². The highest BCUT2D eigenvalue weighted by Crippen LogP contribution is 2.30. The van der Waals surface area contributed by atoms with Gasteiger partial charge in [-0.25, -0.2) is 0 Å². The van der Waals surface area contributed by atoms with Crippen LogP contribution < -0.4 is 14.2 Å². The van der Waals surface area contributed by atoms with E-state index < -0.39 is 0 Å². The second kappa shape index (κ2) is 9.81. The zero-order valence-electron chi connectivity index (χ0n) is 15.9. The summed E-state index contributed by atoms with van der Waals surface area (Å²) in [5.74, 6) is 2.15. The average molecular weight is 396 g/mol. The van der Waals surface area contributed by atoms with E-state index in [2.05, 4.69) is 4.99 Å². The Kier molecular flexibility index (Phi) is 6.93. The lowest BCUT2D eigenvalue weighted by Crippen LogP contribution is -2.00. The fraction of sp³-hybridized carbons (Fsp3) is 0.174. The average Bonchev–Trinajstić information content (AvgIpc) is 2.73. The van der Waals surface area contributed by atoms with Gasteiger partial charge in [0.1, 0.15) is 12.4 Å². The molecule has 0 atom stereocenters. The largest absolute Gasteiger partial charge is 0.497 e. The Labute approximate surface area is 170 Å². The van der Waals surface area contributed by atoms with Crippen molar-refractivity contribution in [2.45, 2.75) is 13.5 Å². The van der Waals surface area contributed by atoms with Crippen LogP contribution in [-0.4, -0.2) is 19.9 Å². The normalized spacial score (nSPS) is 10.8. The summed E-state index contributed by atoms with van der Waals surface area (Å²) < 4.78 is 16.8. The van der Waals surface area contributed by atoms with E-state index in [1.54, 1.807) is 13.3 Å². The summed E-state index contributed by atoms with van der Waals surface area (Å²) in [7, 11) is 1.64. The van der Waals surface area contributed by atoms with Crippen LogP contribution >= 0.6 is 11.6 Å². The van der Waals surface area contributed by atoms with Crippen LogP contribution in [-0.2, 0) is 6.61 Å². The Morgan fingerprint density at radius 3 is 2.43 bits per heavy atom. The number of nitrogens with zero attached hydrogens (tertiary/aromatic N) is 1. The van der Waals surface area contributed by atoms with Crippen LogP contribution in [0, 0.1) is 0 Å². The van der Waals surface area contributed by atoms with Gasteiger partial charge in [0.2, 0.25) is 0 Å². The van der Waals surface area contributed by atoms with Gasteiger partial charge in [0.15, 0.2) is 11.5 Å². The van der Waals surface area contributed by atoms with Crippen molar-refractivity contribution in [3.05, 3.63) is 82.9 Å². The maximum absolute atomic E-state index is 6.20. The molecular weight excluding hydrogens is 374 g/mol.